The van der Waals surface area contributed by atoms with Crippen LogP contribution in [0.15, 0.2) is 85.3 Å². The Labute approximate surface area is 368 Å². The zero-order chi connectivity index (χ0) is 44.2. The molecule has 1 unspecified atom stereocenters. The largest absolute Gasteiger partial charge is 0.457 e. The molecule has 9 rings (SSSR count). The number of aromatic nitrogens is 7. The van der Waals surface area contributed by atoms with Crippen molar-refractivity contribution in [2.45, 2.75) is 82.8 Å². The Hall–Kier alpha value is -7.50. The van der Waals surface area contributed by atoms with Gasteiger partial charge in [-0.1, -0.05) is 29.5 Å². The van der Waals surface area contributed by atoms with Gasteiger partial charge in [-0.25, -0.2) is 14.6 Å². The molecular weight excluding hydrogens is 817 g/mol. The maximum Gasteiger partial charge on any atom is 0.264 e. The van der Waals surface area contributed by atoms with Crippen molar-refractivity contribution in [1.82, 2.24) is 49.9 Å². The van der Waals surface area contributed by atoms with E-state index in [-0.39, 0.29) is 35.9 Å². The number of ether oxygens (including phenoxy) is 1. The number of carbonyl (C=O) groups excluding carboxylic acids is 5. The van der Waals surface area contributed by atoms with Gasteiger partial charge >= 0.3 is 0 Å². The summed E-state index contributed by atoms with van der Waals surface area (Å²) in [6.45, 7) is 2.46. The van der Waals surface area contributed by atoms with Crippen LogP contribution in [0.5, 0.6) is 11.5 Å². The number of likely N-dealkylation sites (tertiary alicyclic amines) is 1. The fraction of sp³-hybridized carbons (Fsp3) is 0.348. The SMILES string of the molecule is Nc1ncnc2c1c(-c1ccc(Oc3ccccc3)cc1)nn2[C@@H]1CCCN(C(=O)CCCc2cn(CCCCCNc3cccc4c3C(=O)N(C3CCC(=O)NC3=O)C4=O)nn2)C1. The van der Waals surface area contributed by atoms with Crippen LogP contribution >= 0.6 is 0 Å². The molecule has 3 aromatic carbocycles. The maximum absolute atomic E-state index is 13.5. The number of hydrogen-bond donors (Lipinski definition) is 3. The monoisotopic (exact) mass is 864 g/mol. The van der Waals surface area contributed by atoms with Crippen LogP contribution in [0.1, 0.15) is 90.2 Å². The fourth-order valence-corrected chi connectivity index (χ4v) is 8.74. The molecule has 3 aromatic heterocycles. The average Bonchev–Trinajstić information content (AvgIpc) is 4.00. The van der Waals surface area contributed by atoms with E-state index in [4.69, 9.17) is 15.6 Å². The first-order valence-electron chi connectivity index (χ1n) is 21.8. The van der Waals surface area contributed by atoms with Crippen LogP contribution in [0.2, 0.25) is 0 Å². The standard InChI is InChI=1S/C46H48N12O6/c47-42-40-41(29-17-19-33(20-18-29)64-32-12-3-1-4-13-32)53-58(43(40)50-28-49-42)31-11-9-24-55(27-31)38(60)16-7-10-30-26-56(54-52-30)25-6-2-5-23-48-35-15-8-14-34-39(35)46(63)57(45(34)62)36-21-22-37(59)51-44(36)61/h1,3-4,8,12-15,17-20,26,28,31,36,48H,2,5-7,9-11,16,21-25,27H2,(H2,47,49,50)(H,51,59,61)/t31-,36?/m1/s1. The van der Waals surface area contributed by atoms with E-state index in [1.54, 1.807) is 18.2 Å². The summed E-state index contributed by atoms with van der Waals surface area (Å²) in [5.41, 5.74) is 10.5. The predicted molar refractivity (Wildman–Crippen MR) is 235 cm³/mol. The number of nitrogen functional groups attached to an aromatic ring is 1. The molecule has 0 spiro atoms. The highest BCUT2D eigenvalue weighted by atomic mass is 16.5. The summed E-state index contributed by atoms with van der Waals surface area (Å²) >= 11 is 0. The van der Waals surface area contributed by atoms with Crippen LogP contribution in [0.4, 0.5) is 11.5 Å². The number of nitrogens with zero attached hydrogens (tertiary/aromatic N) is 9. The lowest BCUT2D eigenvalue weighted by atomic mass is 10.0. The van der Waals surface area contributed by atoms with E-state index < -0.39 is 29.7 Å². The van der Waals surface area contributed by atoms with Gasteiger partial charge in [0.25, 0.3) is 11.8 Å². The molecule has 18 nitrogen and oxygen atoms in total. The number of piperidine rings is 2. The van der Waals surface area contributed by atoms with Crippen LogP contribution in [-0.4, -0.2) is 99.8 Å². The molecule has 328 valence electrons. The highest BCUT2D eigenvalue weighted by Gasteiger charge is 2.45. The molecule has 3 aliphatic rings. The number of hydrogen-bond acceptors (Lipinski definition) is 13. The zero-order valence-electron chi connectivity index (χ0n) is 35.2. The Morgan fingerprint density at radius 1 is 0.891 bits per heavy atom. The van der Waals surface area contributed by atoms with Crippen LogP contribution in [0.25, 0.3) is 22.3 Å². The molecule has 0 aliphatic carbocycles. The maximum atomic E-state index is 13.5. The smallest absolute Gasteiger partial charge is 0.264 e. The molecule has 0 saturated carbocycles. The molecule has 3 aliphatic heterocycles. The number of imide groups is 2. The highest BCUT2D eigenvalue weighted by Crippen LogP contribution is 2.36. The summed E-state index contributed by atoms with van der Waals surface area (Å²) in [6.07, 6.45) is 9.46. The molecule has 5 amide bonds. The number of nitrogens with one attached hydrogen (secondary N) is 2. The van der Waals surface area contributed by atoms with Gasteiger partial charge in [0.2, 0.25) is 17.7 Å². The van der Waals surface area contributed by atoms with Crippen LogP contribution in [0, 0.1) is 0 Å². The van der Waals surface area contributed by atoms with Gasteiger partial charge in [0.15, 0.2) is 5.65 Å². The highest BCUT2D eigenvalue weighted by molar-refractivity contribution is 6.25. The number of para-hydroxylation sites is 1. The molecule has 6 heterocycles. The lowest BCUT2D eigenvalue weighted by molar-refractivity contribution is -0.136. The Bertz CT molecular complexity index is 2720. The summed E-state index contributed by atoms with van der Waals surface area (Å²) < 4.78 is 9.72. The molecule has 0 radical (unpaired) electrons. The summed E-state index contributed by atoms with van der Waals surface area (Å²) in [6, 6.07) is 21.2. The number of unbranched alkanes of at least 4 members (excludes halogenated alkanes) is 2. The van der Waals surface area contributed by atoms with Gasteiger partial charge in [0.05, 0.1) is 28.2 Å². The summed E-state index contributed by atoms with van der Waals surface area (Å²) in [7, 11) is 0. The van der Waals surface area contributed by atoms with E-state index in [0.29, 0.717) is 79.4 Å². The lowest BCUT2D eigenvalue weighted by Gasteiger charge is -2.33. The van der Waals surface area contributed by atoms with Gasteiger partial charge in [-0.15, -0.1) is 5.10 Å². The van der Waals surface area contributed by atoms with Gasteiger partial charge in [0, 0.05) is 56.5 Å². The van der Waals surface area contributed by atoms with Crippen LogP contribution in [-0.2, 0) is 27.3 Å². The van der Waals surface area contributed by atoms with Gasteiger partial charge in [-0.3, -0.25) is 38.9 Å². The van der Waals surface area contributed by atoms with Crippen molar-refractivity contribution in [3.8, 4) is 22.8 Å². The average molecular weight is 865 g/mol. The third-order valence-electron chi connectivity index (χ3n) is 12.0. The van der Waals surface area contributed by atoms with E-state index in [2.05, 4.69) is 30.9 Å². The minimum atomic E-state index is -1.01. The first-order chi connectivity index (χ1) is 31.2. The van der Waals surface area contributed by atoms with Gasteiger partial charge in [0.1, 0.15) is 35.4 Å². The zero-order valence-corrected chi connectivity index (χ0v) is 35.2. The number of anilines is 2. The normalized spacial score (nSPS) is 17.5. The number of rotatable bonds is 16. The van der Waals surface area contributed by atoms with Crippen molar-refractivity contribution in [1.29, 1.82) is 0 Å². The van der Waals surface area contributed by atoms with Crippen molar-refractivity contribution in [3.05, 3.63) is 102 Å². The number of nitrogens with two attached hydrogens (primary N) is 1. The number of fused-ring (bicyclic) bond motifs is 2. The van der Waals surface area contributed by atoms with Crippen molar-refractivity contribution < 1.29 is 28.7 Å². The van der Waals surface area contributed by atoms with Crippen molar-refractivity contribution in [2.75, 3.05) is 30.7 Å². The van der Waals surface area contributed by atoms with Crippen LogP contribution in [0.3, 0.4) is 0 Å². The molecular formula is C46H48N12O6. The molecule has 64 heavy (non-hydrogen) atoms. The van der Waals surface area contributed by atoms with E-state index in [0.717, 1.165) is 54.0 Å². The molecule has 2 fully saturated rings. The van der Waals surface area contributed by atoms with Gasteiger partial charge in [-0.2, -0.15) is 5.10 Å². The van der Waals surface area contributed by atoms with E-state index in [1.165, 1.54) is 6.33 Å². The quantitative estimate of drug-likeness (QED) is 0.0828. The van der Waals surface area contributed by atoms with E-state index in [9.17, 15) is 24.0 Å². The first-order valence-corrected chi connectivity index (χ1v) is 21.8. The van der Waals surface area contributed by atoms with Gasteiger partial charge in [-0.05, 0) is 99.9 Å². The topological polar surface area (TPSA) is 225 Å². The number of benzene rings is 3. The van der Waals surface area contributed by atoms with E-state index >= 15 is 0 Å². The second kappa shape index (κ2) is 18.5. The molecule has 2 saturated heterocycles. The van der Waals surface area contributed by atoms with Crippen molar-refractivity contribution in [2.24, 2.45) is 0 Å². The first kappa shape index (κ1) is 41.8. The minimum Gasteiger partial charge on any atom is -0.457 e. The molecule has 6 aromatic rings. The van der Waals surface area contributed by atoms with Crippen molar-refractivity contribution >= 4 is 52.1 Å². The van der Waals surface area contributed by atoms with E-state index in [1.807, 2.05) is 75.1 Å². The fourth-order valence-electron chi connectivity index (χ4n) is 8.74. The number of aryl methyl sites for hydroxylation is 2. The van der Waals surface area contributed by atoms with Crippen LogP contribution < -0.4 is 21.1 Å². The second-order valence-electron chi connectivity index (χ2n) is 16.3. The molecule has 4 N–H and O–H groups in total. The lowest BCUT2D eigenvalue weighted by Crippen LogP contribution is -2.54. The second-order valence-corrected chi connectivity index (χ2v) is 16.3. The predicted octanol–water partition coefficient (Wildman–Crippen LogP) is 5.33. The summed E-state index contributed by atoms with van der Waals surface area (Å²) in [5, 5.41) is 19.9. The Kier molecular flexibility index (Phi) is 12.1. The van der Waals surface area contributed by atoms with Crippen molar-refractivity contribution in [3.63, 3.8) is 0 Å². The van der Waals surface area contributed by atoms with Gasteiger partial charge < -0.3 is 20.7 Å². The third-order valence-corrected chi connectivity index (χ3v) is 12.0. The molecule has 18 heteroatoms. The third kappa shape index (κ3) is 8.75. The number of carbonyl (C=O) groups is 5. The Morgan fingerprint density at radius 3 is 2.55 bits per heavy atom. The molecule has 2 atom stereocenters. The number of amides is 5. The summed E-state index contributed by atoms with van der Waals surface area (Å²) in [4.78, 5) is 75.8. The Balaban J connectivity index is 0.725. The minimum absolute atomic E-state index is 0.0687. The Morgan fingerprint density at radius 2 is 1.72 bits per heavy atom. The molecule has 0 bridgehead atoms. The summed E-state index contributed by atoms with van der Waals surface area (Å²) in [5.74, 6) is -0.220.